The fourth-order valence-corrected chi connectivity index (χ4v) is 2.69. The van der Waals surface area contributed by atoms with Crippen molar-refractivity contribution >= 4 is 17.7 Å². The number of ketones is 1. The number of methoxy groups -OCH3 is 2. The normalized spacial score (nSPS) is 10.3. The first-order valence-electron chi connectivity index (χ1n) is 7.92. The summed E-state index contributed by atoms with van der Waals surface area (Å²) < 4.78 is 15.3. The van der Waals surface area contributed by atoms with Crippen molar-refractivity contribution < 1.29 is 28.6 Å². The third kappa shape index (κ3) is 3.77. The summed E-state index contributed by atoms with van der Waals surface area (Å²) >= 11 is 0. The van der Waals surface area contributed by atoms with Crippen molar-refractivity contribution in [2.45, 2.75) is 27.4 Å². The minimum absolute atomic E-state index is 0.0752. The fraction of sp³-hybridized carbons (Fsp3) is 0.316. The standard InChI is InChI=1S/C19H21NO6/c1-10-16(18(22)25-5)11(2)20-17(10)19(23)26-9-14-8-13(12(3)21)6-7-15(14)24-4/h6-8,20H,9H2,1-5H3. The van der Waals surface area contributed by atoms with Crippen LogP contribution in [0.5, 0.6) is 5.75 Å². The Balaban J connectivity index is 2.23. The zero-order valence-corrected chi connectivity index (χ0v) is 15.4. The zero-order valence-electron chi connectivity index (χ0n) is 15.4. The molecular weight excluding hydrogens is 338 g/mol. The number of aryl methyl sites for hydroxylation is 1. The molecule has 0 saturated heterocycles. The minimum atomic E-state index is -0.615. The number of benzene rings is 1. The molecule has 0 bridgehead atoms. The highest BCUT2D eigenvalue weighted by atomic mass is 16.5. The Labute approximate surface area is 151 Å². The van der Waals surface area contributed by atoms with Crippen molar-refractivity contribution in [1.82, 2.24) is 4.98 Å². The van der Waals surface area contributed by atoms with Crippen molar-refractivity contribution in [1.29, 1.82) is 0 Å². The molecule has 0 spiro atoms. The van der Waals surface area contributed by atoms with Crippen LogP contribution in [0.2, 0.25) is 0 Å². The van der Waals surface area contributed by atoms with Crippen LogP contribution in [-0.2, 0) is 16.1 Å². The number of hydrogen-bond donors (Lipinski definition) is 1. The molecule has 0 aliphatic rings. The number of carbonyl (C=O) groups is 3. The van der Waals surface area contributed by atoms with E-state index in [0.717, 1.165) is 0 Å². The van der Waals surface area contributed by atoms with E-state index in [4.69, 9.17) is 14.2 Å². The molecule has 0 aliphatic carbocycles. The van der Waals surface area contributed by atoms with Gasteiger partial charge in [0.2, 0.25) is 0 Å². The van der Waals surface area contributed by atoms with Crippen molar-refractivity contribution in [2.24, 2.45) is 0 Å². The third-order valence-electron chi connectivity index (χ3n) is 4.08. The van der Waals surface area contributed by atoms with Crippen LogP contribution in [0.4, 0.5) is 0 Å². The van der Waals surface area contributed by atoms with Crippen LogP contribution in [0.1, 0.15) is 54.9 Å². The Morgan fingerprint density at radius 1 is 1.08 bits per heavy atom. The van der Waals surface area contributed by atoms with Crippen molar-refractivity contribution in [3.63, 3.8) is 0 Å². The van der Waals surface area contributed by atoms with E-state index in [1.165, 1.54) is 21.1 Å². The molecule has 0 amide bonds. The molecule has 7 nitrogen and oxygen atoms in total. The molecule has 0 saturated carbocycles. The molecular formula is C19H21NO6. The second-order valence-corrected chi connectivity index (χ2v) is 5.78. The van der Waals surface area contributed by atoms with Crippen LogP contribution in [0.25, 0.3) is 0 Å². The smallest absolute Gasteiger partial charge is 0.355 e. The molecule has 7 heteroatoms. The van der Waals surface area contributed by atoms with Gasteiger partial charge in [-0.25, -0.2) is 9.59 Å². The Kier molecular flexibility index (Phi) is 5.82. The van der Waals surface area contributed by atoms with Gasteiger partial charge < -0.3 is 19.2 Å². The summed E-state index contributed by atoms with van der Waals surface area (Å²) in [6.07, 6.45) is 0. The Hall–Kier alpha value is -3.09. The van der Waals surface area contributed by atoms with Gasteiger partial charge in [0, 0.05) is 16.8 Å². The third-order valence-corrected chi connectivity index (χ3v) is 4.08. The van der Waals surface area contributed by atoms with Gasteiger partial charge in [0.15, 0.2) is 5.78 Å². The summed E-state index contributed by atoms with van der Waals surface area (Å²) in [4.78, 5) is 38.6. The van der Waals surface area contributed by atoms with E-state index in [0.29, 0.717) is 33.7 Å². The van der Waals surface area contributed by atoms with Crippen LogP contribution in [0.3, 0.4) is 0 Å². The number of rotatable bonds is 6. The van der Waals surface area contributed by atoms with Crippen LogP contribution in [-0.4, -0.2) is 36.9 Å². The highest BCUT2D eigenvalue weighted by molar-refractivity contribution is 5.98. The van der Waals surface area contributed by atoms with Gasteiger partial charge in [-0.3, -0.25) is 4.79 Å². The van der Waals surface area contributed by atoms with Gasteiger partial charge in [0.05, 0.1) is 19.8 Å². The van der Waals surface area contributed by atoms with Gasteiger partial charge in [0.25, 0.3) is 0 Å². The molecule has 0 aliphatic heterocycles. The van der Waals surface area contributed by atoms with E-state index in [1.54, 1.807) is 32.0 Å². The first-order valence-corrected chi connectivity index (χ1v) is 7.92. The van der Waals surface area contributed by atoms with E-state index >= 15 is 0 Å². The summed E-state index contributed by atoms with van der Waals surface area (Å²) in [6.45, 7) is 4.70. The van der Waals surface area contributed by atoms with E-state index in [-0.39, 0.29) is 18.1 Å². The monoisotopic (exact) mass is 359 g/mol. The van der Waals surface area contributed by atoms with Crippen LogP contribution < -0.4 is 4.74 Å². The van der Waals surface area contributed by atoms with Gasteiger partial charge in [-0.15, -0.1) is 0 Å². The number of nitrogens with one attached hydrogen (secondary N) is 1. The van der Waals surface area contributed by atoms with Crippen LogP contribution >= 0.6 is 0 Å². The van der Waals surface area contributed by atoms with Crippen molar-refractivity contribution in [3.8, 4) is 5.75 Å². The van der Waals surface area contributed by atoms with Gasteiger partial charge in [-0.05, 0) is 44.5 Å². The van der Waals surface area contributed by atoms with Gasteiger partial charge in [-0.2, -0.15) is 0 Å². The molecule has 1 aromatic heterocycles. The SMILES string of the molecule is COC(=O)c1c(C)[nH]c(C(=O)OCc2cc(C(C)=O)ccc2OC)c1C. The second kappa shape index (κ2) is 7.86. The molecule has 0 unspecified atom stereocenters. The summed E-state index contributed by atoms with van der Waals surface area (Å²) in [5, 5.41) is 0. The predicted molar refractivity (Wildman–Crippen MR) is 93.7 cm³/mol. The molecule has 1 heterocycles. The van der Waals surface area contributed by atoms with Crippen molar-refractivity contribution in [2.75, 3.05) is 14.2 Å². The predicted octanol–water partition coefficient (Wildman–Crippen LogP) is 2.99. The molecule has 0 fully saturated rings. The van der Waals surface area contributed by atoms with Gasteiger partial charge in [0.1, 0.15) is 18.1 Å². The number of esters is 2. The molecule has 0 atom stereocenters. The summed E-state index contributed by atoms with van der Waals surface area (Å²) in [6, 6.07) is 4.92. The lowest BCUT2D eigenvalue weighted by Crippen LogP contribution is -2.09. The molecule has 138 valence electrons. The van der Waals surface area contributed by atoms with E-state index < -0.39 is 11.9 Å². The number of aromatic amines is 1. The van der Waals surface area contributed by atoms with E-state index in [1.807, 2.05) is 0 Å². The summed E-state index contributed by atoms with van der Waals surface area (Å²) in [5.41, 5.74) is 2.56. The maximum Gasteiger partial charge on any atom is 0.355 e. The lowest BCUT2D eigenvalue weighted by molar-refractivity contribution is 0.0463. The molecule has 0 radical (unpaired) electrons. The average molecular weight is 359 g/mol. The molecule has 26 heavy (non-hydrogen) atoms. The second-order valence-electron chi connectivity index (χ2n) is 5.78. The van der Waals surface area contributed by atoms with Crippen LogP contribution in [0.15, 0.2) is 18.2 Å². The minimum Gasteiger partial charge on any atom is -0.496 e. The molecule has 2 aromatic rings. The Morgan fingerprint density at radius 2 is 1.77 bits per heavy atom. The fourth-order valence-electron chi connectivity index (χ4n) is 2.69. The van der Waals surface area contributed by atoms with Gasteiger partial charge >= 0.3 is 11.9 Å². The largest absolute Gasteiger partial charge is 0.496 e. The first-order chi connectivity index (χ1) is 12.3. The summed E-state index contributed by atoms with van der Waals surface area (Å²) in [5.74, 6) is -0.724. The zero-order chi connectivity index (χ0) is 19.4. The lowest BCUT2D eigenvalue weighted by atomic mass is 10.1. The maximum atomic E-state index is 12.4. The lowest BCUT2D eigenvalue weighted by Gasteiger charge is -2.10. The summed E-state index contributed by atoms with van der Waals surface area (Å²) in [7, 11) is 2.77. The number of aromatic nitrogens is 1. The highest BCUT2D eigenvalue weighted by Gasteiger charge is 2.23. The van der Waals surface area contributed by atoms with Crippen LogP contribution in [0, 0.1) is 13.8 Å². The van der Waals surface area contributed by atoms with E-state index in [9.17, 15) is 14.4 Å². The Bertz CT molecular complexity index is 865. The number of hydrogen-bond acceptors (Lipinski definition) is 6. The molecule has 1 aromatic carbocycles. The topological polar surface area (TPSA) is 94.7 Å². The highest BCUT2D eigenvalue weighted by Crippen LogP contribution is 2.23. The Morgan fingerprint density at radius 3 is 2.35 bits per heavy atom. The quantitative estimate of drug-likeness (QED) is 0.629. The number of Topliss-reactive ketones (excluding diaryl/α,β-unsaturated/α-hetero) is 1. The molecule has 1 N–H and O–H groups in total. The number of H-pyrrole nitrogens is 1. The van der Waals surface area contributed by atoms with Gasteiger partial charge in [-0.1, -0.05) is 0 Å². The first kappa shape index (κ1) is 19.2. The number of ether oxygens (including phenoxy) is 3. The van der Waals surface area contributed by atoms with Crippen molar-refractivity contribution in [3.05, 3.63) is 51.8 Å². The van der Waals surface area contributed by atoms with E-state index in [2.05, 4.69) is 4.98 Å². The molecule has 2 rings (SSSR count). The maximum absolute atomic E-state index is 12.4. The average Bonchev–Trinajstić information content (AvgIpc) is 2.93. The number of carbonyl (C=O) groups excluding carboxylic acids is 3.